The van der Waals surface area contributed by atoms with E-state index < -0.39 is 0 Å². The van der Waals surface area contributed by atoms with Crippen molar-refractivity contribution in [1.29, 1.82) is 0 Å². The van der Waals surface area contributed by atoms with E-state index in [0.29, 0.717) is 27.6 Å². The quantitative estimate of drug-likeness (QED) is 0.420. The number of nitrogens with one attached hydrogen (secondary N) is 1. The standard InChI is InChI=1S/C23H20ClFN2O3/c1-15-3-7-18(12-20(15)24)23(28)27-26-13-17-6-10-21(22(11-17)29-2)30-14-16-4-8-19(25)9-5-16/h3-13H,14H2,1-2H3,(H,27,28)/b26-13-. The van der Waals surface area contributed by atoms with Crippen molar-refractivity contribution in [2.75, 3.05) is 7.11 Å². The van der Waals surface area contributed by atoms with E-state index in [4.69, 9.17) is 21.1 Å². The number of hydrazone groups is 1. The summed E-state index contributed by atoms with van der Waals surface area (Å²) in [4.78, 5) is 12.2. The number of carbonyl (C=O) groups excluding carboxylic acids is 1. The molecule has 0 aliphatic carbocycles. The molecule has 5 nitrogen and oxygen atoms in total. The molecule has 0 fully saturated rings. The lowest BCUT2D eigenvalue weighted by molar-refractivity contribution is 0.0955. The largest absolute Gasteiger partial charge is 0.493 e. The molecule has 0 aliphatic heterocycles. The summed E-state index contributed by atoms with van der Waals surface area (Å²) >= 11 is 6.05. The monoisotopic (exact) mass is 426 g/mol. The average Bonchev–Trinajstić information content (AvgIpc) is 2.75. The Labute approximate surface area is 179 Å². The van der Waals surface area contributed by atoms with Crippen LogP contribution < -0.4 is 14.9 Å². The van der Waals surface area contributed by atoms with E-state index in [0.717, 1.165) is 11.1 Å². The summed E-state index contributed by atoms with van der Waals surface area (Å²) in [5, 5.41) is 4.50. The van der Waals surface area contributed by atoms with Crippen LogP contribution in [0.1, 0.15) is 27.0 Å². The fourth-order valence-electron chi connectivity index (χ4n) is 2.59. The Hall–Kier alpha value is -3.38. The minimum Gasteiger partial charge on any atom is -0.493 e. The molecular formula is C23H20ClFN2O3. The minimum absolute atomic E-state index is 0.277. The Kier molecular flexibility index (Phi) is 7.03. The number of benzene rings is 3. The molecule has 0 aliphatic rings. The highest BCUT2D eigenvalue weighted by molar-refractivity contribution is 6.31. The zero-order valence-electron chi connectivity index (χ0n) is 16.5. The first-order chi connectivity index (χ1) is 14.5. The van der Waals surface area contributed by atoms with Gasteiger partial charge in [-0.25, -0.2) is 9.82 Å². The van der Waals surface area contributed by atoms with Crippen molar-refractivity contribution in [3.63, 3.8) is 0 Å². The van der Waals surface area contributed by atoms with Crippen molar-refractivity contribution < 1.29 is 18.7 Å². The summed E-state index contributed by atoms with van der Waals surface area (Å²) in [5.74, 6) is 0.395. The molecule has 0 heterocycles. The van der Waals surface area contributed by atoms with E-state index in [1.807, 2.05) is 6.92 Å². The Bertz CT molecular complexity index is 1070. The molecular weight excluding hydrogens is 407 g/mol. The van der Waals surface area contributed by atoms with Gasteiger partial charge in [0, 0.05) is 10.6 Å². The lowest BCUT2D eigenvalue weighted by atomic mass is 10.1. The summed E-state index contributed by atoms with van der Waals surface area (Å²) in [7, 11) is 1.53. The Morgan fingerprint density at radius 3 is 2.57 bits per heavy atom. The van der Waals surface area contributed by atoms with Gasteiger partial charge in [-0.2, -0.15) is 5.10 Å². The molecule has 3 rings (SSSR count). The van der Waals surface area contributed by atoms with Crippen molar-refractivity contribution in [2.24, 2.45) is 5.10 Å². The third-order valence-corrected chi connectivity index (χ3v) is 4.72. The number of hydrogen-bond acceptors (Lipinski definition) is 4. The molecule has 3 aromatic rings. The fourth-order valence-corrected chi connectivity index (χ4v) is 2.77. The molecule has 7 heteroatoms. The van der Waals surface area contributed by atoms with E-state index >= 15 is 0 Å². The molecule has 3 aromatic carbocycles. The molecule has 1 amide bonds. The highest BCUT2D eigenvalue weighted by Gasteiger charge is 2.08. The number of carbonyl (C=O) groups is 1. The number of amides is 1. The van der Waals surface area contributed by atoms with Crippen molar-refractivity contribution in [3.05, 3.63) is 93.8 Å². The lowest BCUT2D eigenvalue weighted by Crippen LogP contribution is -2.17. The van der Waals surface area contributed by atoms with Crippen LogP contribution in [0.3, 0.4) is 0 Å². The molecule has 0 bridgehead atoms. The molecule has 0 unspecified atom stereocenters. The second-order valence-electron chi connectivity index (χ2n) is 6.49. The third-order valence-electron chi connectivity index (χ3n) is 4.31. The van der Waals surface area contributed by atoms with Gasteiger partial charge in [-0.3, -0.25) is 4.79 Å². The van der Waals surface area contributed by atoms with Crippen LogP contribution in [-0.4, -0.2) is 19.2 Å². The Balaban J connectivity index is 1.62. The zero-order valence-corrected chi connectivity index (χ0v) is 17.2. The van der Waals surface area contributed by atoms with Gasteiger partial charge in [0.15, 0.2) is 11.5 Å². The molecule has 1 N–H and O–H groups in total. The average molecular weight is 427 g/mol. The number of methoxy groups -OCH3 is 1. The zero-order chi connectivity index (χ0) is 21.5. The van der Waals surface area contributed by atoms with Gasteiger partial charge >= 0.3 is 0 Å². The first-order valence-corrected chi connectivity index (χ1v) is 9.49. The van der Waals surface area contributed by atoms with Crippen molar-refractivity contribution in [2.45, 2.75) is 13.5 Å². The van der Waals surface area contributed by atoms with Gasteiger partial charge in [0.05, 0.1) is 13.3 Å². The molecule has 0 saturated heterocycles. The van der Waals surface area contributed by atoms with Crippen molar-refractivity contribution >= 4 is 23.7 Å². The normalized spacial score (nSPS) is 10.8. The van der Waals surface area contributed by atoms with Gasteiger partial charge in [0.1, 0.15) is 12.4 Å². The van der Waals surface area contributed by atoms with Crippen LogP contribution in [0.2, 0.25) is 5.02 Å². The van der Waals surface area contributed by atoms with Gasteiger partial charge < -0.3 is 9.47 Å². The lowest BCUT2D eigenvalue weighted by Gasteiger charge is -2.11. The first kappa shape index (κ1) is 21.3. The minimum atomic E-state index is -0.362. The van der Waals surface area contributed by atoms with E-state index in [1.54, 1.807) is 48.5 Å². The van der Waals surface area contributed by atoms with Crippen molar-refractivity contribution in [1.82, 2.24) is 5.43 Å². The molecule has 0 spiro atoms. The smallest absolute Gasteiger partial charge is 0.271 e. The number of hydrogen-bond donors (Lipinski definition) is 1. The summed E-state index contributed by atoms with van der Waals surface area (Å²) in [6.45, 7) is 2.14. The summed E-state index contributed by atoms with van der Waals surface area (Å²) in [6.07, 6.45) is 1.50. The molecule has 154 valence electrons. The number of nitrogens with zero attached hydrogens (tertiary/aromatic N) is 1. The summed E-state index contributed by atoms with van der Waals surface area (Å²) < 4.78 is 24.1. The SMILES string of the molecule is COc1cc(/C=N\NC(=O)c2ccc(C)c(Cl)c2)ccc1OCc1ccc(F)cc1. The Morgan fingerprint density at radius 2 is 1.87 bits per heavy atom. The third kappa shape index (κ3) is 5.58. The topological polar surface area (TPSA) is 59.9 Å². The van der Waals surface area contributed by atoms with Gasteiger partial charge in [-0.1, -0.05) is 29.8 Å². The second-order valence-corrected chi connectivity index (χ2v) is 6.90. The van der Waals surface area contributed by atoms with Crippen molar-refractivity contribution in [3.8, 4) is 11.5 Å². The Morgan fingerprint density at radius 1 is 1.10 bits per heavy atom. The van der Waals surface area contributed by atoms with E-state index in [9.17, 15) is 9.18 Å². The maximum absolute atomic E-state index is 13.0. The number of rotatable bonds is 7. The van der Waals surface area contributed by atoms with E-state index in [1.165, 1.54) is 25.5 Å². The van der Waals surface area contributed by atoms with Crippen LogP contribution in [0.25, 0.3) is 0 Å². The van der Waals surface area contributed by atoms with Crippen LogP contribution in [0.4, 0.5) is 4.39 Å². The summed E-state index contributed by atoms with van der Waals surface area (Å²) in [5.41, 5.74) is 5.33. The number of halogens is 2. The van der Waals surface area contributed by atoms with Gasteiger partial charge in [-0.15, -0.1) is 0 Å². The molecule has 0 saturated carbocycles. The fraction of sp³-hybridized carbons (Fsp3) is 0.130. The van der Waals surface area contributed by atoms with Gasteiger partial charge in [0.25, 0.3) is 5.91 Å². The highest BCUT2D eigenvalue weighted by Crippen LogP contribution is 2.28. The maximum Gasteiger partial charge on any atom is 0.271 e. The predicted molar refractivity (Wildman–Crippen MR) is 115 cm³/mol. The molecule has 0 aromatic heterocycles. The molecule has 30 heavy (non-hydrogen) atoms. The van der Waals surface area contributed by atoms with Crippen LogP contribution >= 0.6 is 11.6 Å². The molecule has 0 atom stereocenters. The van der Waals surface area contributed by atoms with E-state index in [-0.39, 0.29) is 18.3 Å². The summed E-state index contributed by atoms with van der Waals surface area (Å²) in [6, 6.07) is 16.4. The molecule has 0 radical (unpaired) electrons. The van der Waals surface area contributed by atoms with Crippen LogP contribution in [0, 0.1) is 12.7 Å². The first-order valence-electron chi connectivity index (χ1n) is 9.11. The van der Waals surface area contributed by atoms with Crippen LogP contribution in [-0.2, 0) is 6.61 Å². The van der Waals surface area contributed by atoms with Crippen LogP contribution in [0.5, 0.6) is 11.5 Å². The number of ether oxygens (including phenoxy) is 2. The van der Waals surface area contributed by atoms with Crippen LogP contribution in [0.15, 0.2) is 65.8 Å². The number of aryl methyl sites for hydroxylation is 1. The maximum atomic E-state index is 13.0. The highest BCUT2D eigenvalue weighted by atomic mass is 35.5. The van der Waals surface area contributed by atoms with Gasteiger partial charge in [-0.05, 0) is 66.1 Å². The second kappa shape index (κ2) is 9.89. The van der Waals surface area contributed by atoms with E-state index in [2.05, 4.69) is 10.5 Å². The van der Waals surface area contributed by atoms with Gasteiger partial charge in [0.2, 0.25) is 0 Å². The predicted octanol–water partition coefficient (Wildman–Crippen LogP) is 5.14.